The Morgan fingerprint density at radius 3 is 2.88 bits per heavy atom. The van der Waals surface area contributed by atoms with Gasteiger partial charge in [0.05, 0.1) is 17.9 Å². The van der Waals surface area contributed by atoms with E-state index in [4.69, 9.17) is 16.7 Å². The van der Waals surface area contributed by atoms with Crippen molar-refractivity contribution >= 4 is 38.6 Å². The fourth-order valence-corrected chi connectivity index (χ4v) is 5.76. The minimum atomic E-state index is -3.20. The molecule has 1 saturated heterocycles. The van der Waals surface area contributed by atoms with Gasteiger partial charge in [0.2, 0.25) is 21.7 Å². The molecule has 1 N–H and O–H groups in total. The summed E-state index contributed by atoms with van der Waals surface area (Å²) < 4.78 is 33.2. The van der Waals surface area contributed by atoms with Gasteiger partial charge in [-0.2, -0.15) is 4.98 Å². The molecule has 0 saturated carbocycles. The first-order chi connectivity index (χ1) is 16.4. The maximum atomic E-state index is 12.2. The summed E-state index contributed by atoms with van der Waals surface area (Å²) in [6.45, 7) is 4.59. The van der Waals surface area contributed by atoms with Gasteiger partial charge in [0, 0.05) is 30.5 Å². The van der Waals surface area contributed by atoms with Gasteiger partial charge in [-0.3, -0.25) is 4.40 Å². The molecule has 0 aliphatic carbocycles. The molecule has 34 heavy (non-hydrogen) atoms. The van der Waals surface area contributed by atoms with E-state index in [1.807, 2.05) is 60.8 Å². The van der Waals surface area contributed by atoms with Crippen LogP contribution in [-0.4, -0.2) is 56.1 Å². The lowest BCUT2D eigenvalue weighted by molar-refractivity contribution is 0.217. The van der Waals surface area contributed by atoms with Crippen LogP contribution in [0.2, 0.25) is 0 Å². The Hall–Kier alpha value is -3.15. The molecule has 9 nitrogen and oxygen atoms in total. The Morgan fingerprint density at radius 2 is 2.09 bits per heavy atom. The number of rotatable bonds is 7. The van der Waals surface area contributed by atoms with Crippen molar-refractivity contribution in [3.8, 4) is 11.4 Å². The molecule has 0 radical (unpaired) electrons. The number of aryl methyl sites for hydroxylation is 1. The Morgan fingerprint density at radius 1 is 1.26 bits per heavy atom. The van der Waals surface area contributed by atoms with Gasteiger partial charge >= 0.3 is 0 Å². The van der Waals surface area contributed by atoms with Gasteiger partial charge in [0.15, 0.2) is 0 Å². The summed E-state index contributed by atoms with van der Waals surface area (Å²) in [6.07, 6.45) is 4.27. The lowest BCUT2D eigenvalue weighted by atomic mass is 10.0. The number of nitrogens with one attached hydrogen (secondary N) is 1. The third-order valence-corrected chi connectivity index (χ3v) is 8.21. The number of fused-ring (bicyclic) bond motifs is 1. The van der Waals surface area contributed by atoms with Gasteiger partial charge in [-0.05, 0) is 37.1 Å². The van der Waals surface area contributed by atoms with Crippen molar-refractivity contribution in [2.45, 2.75) is 26.2 Å². The maximum Gasteiger partial charge on any atom is 0.232 e. The van der Waals surface area contributed by atoms with E-state index in [0.717, 1.165) is 28.2 Å². The Balaban J connectivity index is 1.32. The highest BCUT2D eigenvalue weighted by molar-refractivity contribution is 7.89. The molecule has 11 heteroatoms. The monoisotopic (exact) mass is 496 g/mol. The Kier molecular flexibility index (Phi) is 5.92. The van der Waals surface area contributed by atoms with E-state index in [1.54, 1.807) is 6.20 Å². The molecule has 0 atom stereocenters. The van der Waals surface area contributed by atoms with Crippen LogP contribution in [0.25, 0.3) is 17.0 Å². The second-order valence-electron chi connectivity index (χ2n) is 8.34. The van der Waals surface area contributed by atoms with E-state index < -0.39 is 10.0 Å². The number of nitrogens with zero attached hydrogens (tertiary/aromatic N) is 5. The summed E-state index contributed by atoms with van der Waals surface area (Å²) in [5.41, 5.74) is 4.24. The molecule has 5 rings (SSSR count). The predicted octanol–water partition coefficient (Wildman–Crippen LogP) is 3.62. The number of thiocarbonyl (C=S) groups is 1. The maximum absolute atomic E-state index is 12.2. The van der Waals surface area contributed by atoms with Gasteiger partial charge in [-0.1, -0.05) is 42.5 Å². The van der Waals surface area contributed by atoms with E-state index >= 15 is 0 Å². The fraction of sp³-hybridized carbons (Fsp3) is 0.304. The first kappa shape index (κ1) is 22.6. The molecule has 0 spiro atoms. The SMILES string of the molecule is CCCS(=O)(=O)N1CC(c2nc(-c3ccc(C)c(NC(=S)c4cnc5ccccn45)c3)no2)C1. The molecule has 176 valence electrons. The highest BCUT2D eigenvalue weighted by Crippen LogP contribution is 2.31. The van der Waals surface area contributed by atoms with Crippen molar-refractivity contribution < 1.29 is 12.9 Å². The van der Waals surface area contributed by atoms with Crippen molar-refractivity contribution in [2.75, 3.05) is 24.2 Å². The van der Waals surface area contributed by atoms with E-state index in [1.165, 1.54) is 4.31 Å². The van der Waals surface area contributed by atoms with Gasteiger partial charge in [-0.15, -0.1) is 0 Å². The quantitative estimate of drug-likeness (QED) is 0.387. The van der Waals surface area contributed by atoms with E-state index in [-0.39, 0.29) is 11.7 Å². The van der Waals surface area contributed by atoms with Crippen molar-refractivity contribution in [3.63, 3.8) is 0 Å². The molecular weight excluding hydrogens is 472 g/mol. The molecule has 0 amide bonds. The molecule has 4 aromatic rings. The van der Waals surface area contributed by atoms with Crippen LogP contribution in [0.4, 0.5) is 5.69 Å². The standard InChI is InChI=1S/C23H24N6O3S2/c1-3-10-34(30,31)28-13-17(14-28)22-26-21(27-32-22)16-8-7-15(2)18(11-16)25-23(33)19-12-24-20-6-4-5-9-29(19)20/h4-9,11-12,17H,3,10,13-14H2,1-2H3,(H,25,33). The van der Waals surface area contributed by atoms with Gasteiger partial charge in [-0.25, -0.2) is 17.7 Å². The third kappa shape index (κ3) is 4.22. The minimum Gasteiger partial charge on any atom is -0.345 e. The number of anilines is 1. The predicted molar refractivity (Wildman–Crippen MR) is 133 cm³/mol. The number of benzene rings is 1. The molecule has 4 heterocycles. The summed E-state index contributed by atoms with van der Waals surface area (Å²) in [5.74, 6) is 0.979. The zero-order valence-corrected chi connectivity index (χ0v) is 20.4. The highest BCUT2D eigenvalue weighted by atomic mass is 32.2. The van der Waals surface area contributed by atoms with Crippen molar-refractivity contribution in [3.05, 3.63) is 65.9 Å². The molecule has 1 aliphatic heterocycles. The lowest BCUT2D eigenvalue weighted by Gasteiger charge is -2.35. The van der Waals surface area contributed by atoms with Crippen molar-refractivity contribution in [1.29, 1.82) is 0 Å². The van der Waals surface area contributed by atoms with Gasteiger partial charge < -0.3 is 9.84 Å². The summed E-state index contributed by atoms with van der Waals surface area (Å²) in [7, 11) is -3.20. The number of sulfonamides is 1. The number of hydrogen-bond acceptors (Lipinski definition) is 7. The van der Waals surface area contributed by atoms with E-state index in [0.29, 0.717) is 36.2 Å². The van der Waals surface area contributed by atoms with Gasteiger partial charge in [0.1, 0.15) is 16.3 Å². The average molecular weight is 497 g/mol. The number of imidazole rings is 1. The van der Waals surface area contributed by atoms with Gasteiger partial charge in [0.25, 0.3) is 0 Å². The second kappa shape index (κ2) is 8.90. The summed E-state index contributed by atoms with van der Waals surface area (Å²) in [6, 6.07) is 11.6. The topological polar surface area (TPSA) is 106 Å². The fourth-order valence-electron chi connectivity index (χ4n) is 3.91. The number of aromatic nitrogens is 4. The molecule has 0 unspecified atom stereocenters. The zero-order valence-electron chi connectivity index (χ0n) is 18.8. The van der Waals surface area contributed by atoms with Crippen LogP contribution in [-0.2, 0) is 10.0 Å². The summed E-state index contributed by atoms with van der Waals surface area (Å²) in [4.78, 5) is 9.48. The molecule has 1 fully saturated rings. The third-order valence-electron chi connectivity index (χ3n) is 5.89. The van der Waals surface area contributed by atoms with Crippen LogP contribution in [0.5, 0.6) is 0 Å². The van der Waals surface area contributed by atoms with Crippen molar-refractivity contribution in [2.24, 2.45) is 0 Å². The molecule has 3 aromatic heterocycles. The molecule has 1 aromatic carbocycles. The van der Waals surface area contributed by atoms with Crippen LogP contribution in [0.1, 0.15) is 36.4 Å². The number of hydrogen-bond donors (Lipinski definition) is 1. The normalized spacial score (nSPS) is 14.9. The Bertz CT molecular complexity index is 1470. The zero-order chi connectivity index (χ0) is 23.9. The summed E-state index contributed by atoms with van der Waals surface area (Å²) in [5, 5.41) is 7.44. The first-order valence-corrected chi connectivity index (χ1v) is 13.0. The minimum absolute atomic E-state index is 0.0846. The van der Waals surface area contributed by atoms with Crippen LogP contribution in [0.15, 0.2) is 53.3 Å². The van der Waals surface area contributed by atoms with Crippen LogP contribution in [0.3, 0.4) is 0 Å². The van der Waals surface area contributed by atoms with Crippen LogP contribution >= 0.6 is 12.2 Å². The average Bonchev–Trinajstić information content (AvgIpc) is 3.41. The second-order valence-corrected chi connectivity index (χ2v) is 10.8. The highest BCUT2D eigenvalue weighted by Gasteiger charge is 2.39. The van der Waals surface area contributed by atoms with Crippen LogP contribution in [0, 0.1) is 6.92 Å². The molecular formula is C23H24N6O3S2. The lowest BCUT2D eigenvalue weighted by Crippen LogP contribution is -2.49. The van der Waals surface area contributed by atoms with Crippen LogP contribution < -0.4 is 5.32 Å². The smallest absolute Gasteiger partial charge is 0.232 e. The molecule has 0 bridgehead atoms. The molecule has 1 aliphatic rings. The first-order valence-electron chi connectivity index (χ1n) is 11.0. The largest absolute Gasteiger partial charge is 0.345 e. The summed E-state index contributed by atoms with van der Waals surface area (Å²) >= 11 is 5.65. The van der Waals surface area contributed by atoms with E-state index in [9.17, 15) is 8.42 Å². The van der Waals surface area contributed by atoms with E-state index in [2.05, 4.69) is 20.4 Å². The number of pyridine rings is 1. The Labute approximate surface area is 202 Å². The van der Waals surface area contributed by atoms with Crippen molar-refractivity contribution in [1.82, 2.24) is 23.8 Å².